The van der Waals surface area contributed by atoms with Crippen LogP contribution in [0.25, 0.3) is 0 Å². The van der Waals surface area contributed by atoms with Crippen LogP contribution >= 0.6 is 0 Å². The molecule has 3 rings (SSSR count). The molecule has 19 heavy (non-hydrogen) atoms. The van der Waals surface area contributed by atoms with E-state index < -0.39 is 0 Å². The molecule has 0 atom stereocenters. The van der Waals surface area contributed by atoms with Crippen LogP contribution in [-0.2, 0) is 0 Å². The lowest BCUT2D eigenvalue weighted by Crippen LogP contribution is -2.11. The Labute approximate surface area is 110 Å². The minimum atomic E-state index is -0.347. The van der Waals surface area contributed by atoms with Crippen molar-refractivity contribution in [3.63, 3.8) is 0 Å². The lowest BCUT2D eigenvalue weighted by Gasteiger charge is -2.21. The van der Waals surface area contributed by atoms with Gasteiger partial charge in [-0.3, -0.25) is 0 Å². The average molecular weight is 260 g/mol. The van der Waals surface area contributed by atoms with Crippen molar-refractivity contribution >= 4 is 17.1 Å². The van der Waals surface area contributed by atoms with Gasteiger partial charge in [0.15, 0.2) is 11.5 Å². The molecule has 98 valence electrons. The van der Waals surface area contributed by atoms with Gasteiger partial charge in [-0.05, 0) is 30.3 Å². The van der Waals surface area contributed by atoms with Crippen LogP contribution in [0.5, 0.6) is 11.5 Å². The van der Waals surface area contributed by atoms with Crippen LogP contribution in [0.3, 0.4) is 0 Å². The van der Waals surface area contributed by atoms with Crippen molar-refractivity contribution in [1.82, 2.24) is 0 Å². The van der Waals surface area contributed by atoms with E-state index in [1.54, 1.807) is 6.07 Å². The van der Waals surface area contributed by atoms with Crippen molar-refractivity contribution in [2.24, 2.45) is 0 Å². The maximum absolute atomic E-state index is 13.1. The zero-order valence-corrected chi connectivity index (χ0v) is 10.4. The van der Waals surface area contributed by atoms with Gasteiger partial charge >= 0.3 is 0 Å². The predicted octanol–water partition coefficient (Wildman–Crippen LogP) is 2.90. The summed E-state index contributed by atoms with van der Waals surface area (Å²) in [6.45, 7) is 0.237. The standard InChI is InChI=1S/C14H13FN2O2/c1-17(12-4-2-9(15)6-11(12)16)10-3-5-13-14(7-10)19-8-18-13/h2-7H,8,16H2,1H3. The molecule has 4 nitrogen and oxygen atoms in total. The molecule has 0 spiro atoms. The Hall–Kier alpha value is -2.43. The van der Waals surface area contributed by atoms with Crippen molar-refractivity contribution in [3.8, 4) is 11.5 Å². The minimum Gasteiger partial charge on any atom is -0.454 e. The van der Waals surface area contributed by atoms with Crippen molar-refractivity contribution in [2.45, 2.75) is 0 Å². The van der Waals surface area contributed by atoms with Gasteiger partial charge in [0, 0.05) is 18.8 Å². The first kappa shape index (κ1) is 11.6. The molecular formula is C14H13FN2O2. The van der Waals surface area contributed by atoms with Gasteiger partial charge in [0.05, 0.1) is 11.4 Å². The summed E-state index contributed by atoms with van der Waals surface area (Å²) < 4.78 is 23.7. The van der Waals surface area contributed by atoms with Crippen LogP contribution in [-0.4, -0.2) is 13.8 Å². The smallest absolute Gasteiger partial charge is 0.231 e. The summed E-state index contributed by atoms with van der Waals surface area (Å²) in [7, 11) is 1.86. The first-order chi connectivity index (χ1) is 9.15. The summed E-state index contributed by atoms with van der Waals surface area (Å²) in [6.07, 6.45) is 0. The van der Waals surface area contributed by atoms with E-state index in [0.717, 1.165) is 17.1 Å². The van der Waals surface area contributed by atoms with Gasteiger partial charge in [-0.1, -0.05) is 0 Å². The summed E-state index contributed by atoms with van der Waals surface area (Å²) in [6, 6.07) is 9.94. The molecule has 0 fully saturated rings. The fraction of sp³-hybridized carbons (Fsp3) is 0.143. The SMILES string of the molecule is CN(c1ccc2c(c1)OCO2)c1ccc(F)cc1N. The van der Waals surface area contributed by atoms with Crippen molar-refractivity contribution < 1.29 is 13.9 Å². The molecule has 2 aromatic carbocycles. The Bertz CT molecular complexity index is 631. The van der Waals surface area contributed by atoms with Crippen LogP contribution in [0, 0.1) is 5.82 Å². The number of halogens is 1. The molecule has 0 bridgehead atoms. The highest BCUT2D eigenvalue weighted by Gasteiger charge is 2.16. The van der Waals surface area contributed by atoms with Crippen LogP contribution in [0.1, 0.15) is 0 Å². The van der Waals surface area contributed by atoms with Crippen LogP contribution < -0.4 is 20.1 Å². The quantitative estimate of drug-likeness (QED) is 0.843. The van der Waals surface area contributed by atoms with Gasteiger partial charge in [0.1, 0.15) is 5.82 Å². The number of anilines is 3. The third-order valence-electron chi connectivity index (χ3n) is 3.09. The van der Waals surface area contributed by atoms with Crippen LogP contribution in [0.15, 0.2) is 36.4 Å². The third kappa shape index (κ3) is 2.03. The van der Waals surface area contributed by atoms with E-state index in [1.807, 2.05) is 30.1 Å². The maximum atomic E-state index is 13.1. The third-order valence-corrected chi connectivity index (χ3v) is 3.09. The summed E-state index contributed by atoms with van der Waals surface area (Å²) >= 11 is 0. The van der Waals surface area contributed by atoms with Crippen LogP contribution in [0.4, 0.5) is 21.5 Å². The van der Waals surface area contributed by atoms with Gasteiger partial charge in [-0.2, -0.15) is 0 Å². The fourth-order valence-electron chi connectivity index (χ4n) is 2.06. The van der Waals surface area contributed by atoms with E-state index in [-0.39, 0.29) is 12.6 Å². The van der Waals surface area contributed by atoms with Gasteiger partial charge in [-0.15, -0.1) is 0 Å². The molecule has 1 aliphatic rings. The molecule has 2 aromatic rings. The van der Waals surface area contributed by atoms with E-state index in [0.29, 0.717) is 11.4 Å². The predicted molar refractivity (Wildman–Crippen MR) is 71.4 cm³/mol. The van der Waals surface area contributed by atoms with Crippen molar-refractivity contribution in [2.75, 3.05) is 24.5 Å². The topological polar surface area (TPSA) is 47.7 Å². The highest BCUT2D eigenvalue weighted by molar-refractivity contribution is 5.75. The molecule has 5 heteroatoms. The normalized spacial score (nSPS) is 12.5. The molecule has 0 radical (unpaired) electrons. The average Bonchev–Trinajstić information content (AvgIpc) is 2.85. The summed E-state index contributed by atoms with van der Waals surface area (Å²) in [4.78, 5) is 1.87. The van der Waals surface area contributed by atoms with Crippen molar-refractivity contribution in [1.29, 1.82) is 0 Å². The highest BCUT2D eigenvalue weighted by atomic mass is 19.1. The second-order valence-electron chi connectivity index (χ2n) is 4.30. The number of hydrogen-bond donors (Lipinski definition) is 1. The molecule has 0 amide bonds. The Kier molecular flexibility index (Phi) is 2.67. The van der Waals surface area contributed by atoms with Gasteiger partial charge in [0.25, 0.3) is 0 Å². The summed E-state index contributed by atoms with van der Waals surface area (Å²) in [5, 5.41) is 0. The number of benzene rings is 2. The molecular weight excluding hydrogens is 247 g/mol. The number of nitrogens with two attached hydrogens (primary N) is 1. The molecule has 1 aliphatic heterocycles. The molecule has 0 saturated carbocycles. The Morgan fingerprint density at radius 1 is 1.11 bits per heavy atom. The molecule has 2 N–H and O–H groups in total. The van der Waals surface area contributed by atoms with Crippen LogP contribution in [0.2, 0.25) is 0 Å². The van der Waals surface area contributed by atoms with E-state index in [1.165, 1.54) is 12.1 Å². The Morgan fingerprint density at radius 3 is 2.68 bits per heavy atom. The largest absolute Gasteiger partial charge is 0.454 e. The number of ether oxygens (including phenoxy) is 2. The fourth-order valence-corrected chi connectivity index (χ4v) is 2.06. The molecule has 0 aromatic heterocycles. The monoisotopic (exact) mass is 260 g/mol. The first-order valence-corrected chi connectivity index (χ1v) is 5.83. The molecule has 1 heterocycles. The second kappa shape index (κ2) is 4.35. The van der Waals surface area contributed by atoms with E-state index in [4.69, 9.17) is 15.2 Å². The van der Waals surface area contributed by atoms with Gasteiger partial charge in [0.2, 0.25) is 6.79 Å². The number of nitrogens with zero attached hydrogens (tertiary/aromatic N) is 1. The van der Waals surface area contributed by atoms with E-state index in [9.17, 15) is 4.39 Å². The maximum Gasteiger partial charge on any atom is 0.231 e. The van der Waals surface area contributed by atoms with E-state index in [2.05, 4.69) is 0 Å². The second-order valence-corrected chi connectivity index (χ2v) is 4.30. The highest BCUT2D eigenvalue weighted by Crippen LogP contribution is 2.38. The number of fused-ring (bicyclic) bond motifs is 1. The first-order valence-electron chi connectivity index (χ1n) is 5.83. The minimum absolute atomic E-state index is 0.237. The number of rotatable bonds is 2. The molecule has 0 unspecified atom stereocenters. The van der Waals surface area contributed by atoms with E-state index >= 15 is 0 Å². The lowest BCUT2D eigenvalue weighted by molar-refractivity contribution is 0.174. The molecule has 0 saturated heterocycles. The Morgan fingerprint density at radius 2 is 1.89 bits per heavy atom. The molecule has 0 aliphatic carbocycles. The number of nitrogen functional groups attached to an aromatic ring is 1. The van der Waals surface area contributed by atoms with Crippen molar-refractivity contribution in [3.05, 3.63) is 42.2 Å². The number of hydrogen-bond acceptors (Lipinski definition) is 4. The van der Waals surface area contributed by atoms with Gasteiger partial charge in [-0.25, -0.2) is 4.39 Å². The zero-order chi connectivity index (χ0) is 13.4. The zero-order valence-electron chi connectivity index (χ0n) is 10.4. The summed E-state index contributed by atoms with van der Waals surface area (Å²) in [5.74, 6) is 1.08. The summed E-state index contributed by atoms with van der Waals surface area (Å²) in [5.41, 5.74) is 7.85. The van der Waals surface area contributed by atoms with Gasteiger partial charge < -0.3 is 20.1 Å². The Balaban J connectivity index is 1.97. The lowest BCUT2D eigenvalue weighted by atomic mass is 10.2.